The van der Waals surface area contributed by atoms with Gasteiger partial charge in [0.2, 0.25) is 5.91 Å². The fourth-order valence-electron chi connectivity index (χ4n) is 2.88. The lowest BCUT2D eigenvalue weighted by molar-refractivity contribution is -0.122. The third-order valence-electron chi connectivity index (χ3n) is 4.10. The molecule has 0 aliphatic heterocycles. The number of nitrogens with one attached hydrogen (secondary N) is 1. The highest BCUT2D eigenvalue weighted by atomic mass is 16.2. The Hall–Kier alpha value is -3.28. The molecule has 0 unspecified atom stereocenters. The Balaban J connectivity index is 1.99. The lowest BCUT2D eigenvalue weighted by Gasteiger charge is -2.19. The van der Waals surface area contributed by atoms with Crippen LogP contribution in [0.15, 0.2) is 54.9 Å². The minimum Gasteiger partial charge on any atom is -0.352 e. The van der Waals surface area contributed by atoms with Crippen LogP contribution in [0.2, 0.25) is 0 Å². The second-order valence-electron chi connectivity index (χ2n) is 6.69. The van der Waals surface area contributed by atoms with Crippen molar-refractivity contribution in [1.29, 1.82) is 0 Å². The summed E-state index contributed by atoms with van der Waals surface area (Å²) in [7, 11) is 1.63. The van der Waals surface area contributed by atoms with E-state index in [2.05, 4.69) is 15.3 Å². The Morgan fingerprint density at radius 3 is 2.52 bits per heavy atom. The van der Waals surface area contributed by atoms with Crippen LogP contribution in [0.3, 0.4) is 0 Å². The molecule has 0 radical (unpaired) electrons. The van der Waals surface area contributed by atoms with E-state index in [1.54, 1.807) is 25.5 Å². The number of amides is 2. The van der Waals surface area contributed by atoms with Gasteiger partial charge in [-0.15, -0.1) is 0 Å². The molecular weight excluding hydrogens is 340 g/mol. The zero-order valence-electron chi connectivity index (χ0n) is 15.6. The van der Waals surface area contributed by atoms with Crippen molar-refractivity contribution in [3.8, 4) is 11.3 Å². The van der Waals surface area contributed by atoms with E-state index >= 15 is 0 Å². The standard InChI is InChI=1S/C21H22N4O2/c1-14(2)23-20(26)13-25(3)21(27)17-12-19(15-8-10-22-11-9-15)24-18-7-5-4-6-16(17)18/h4-12,14H,13H2,1-3H3,(H,23,26). The highest BCUT2D eigenvalue weighted by molar-refractivity contribution is 6.07. The van der Waals surface area contributed by atoms with Gasteiger partial charge in [0.15, 0.2) is 0 Å². The first-order valence-electron chi connectivity index (χ1n) is 8.80. The molecule has 138 valence electrons. The van der Waals surface area contributed by atoms with Gasteiger partial charge in [0, 0.05) is 36.4 Å². The average molecular weight is 362 g/mol. The molecular formula is C21H22N4O2. The minimum atomic E-state index is -0.220. The van der Waals surface area contributed by atoms with Gasteiger partial charge in [-0.1, -0.05) is 18.2 Å². The fourth-order valence-corrected chi connectivity index (χ4v) is 2.88. The lowest BCUT2D eigenvalue weighted by atomic mass is 10.0. The van der Waals surface area contributed by atoms with Crippen LogP contribution in [0.5, 0.6) is 0 Å². The number of benzene rings is 1. The van der Waals surface area contributed by atoms with Gasteiger partial charge in [-0.05, 0) is 38.1 Å². The van der Waals surface area contributed by atoms with Gasteiger partial charge >= 0.3 is 0 Å². The van der Waals surface area contributed by atoms with E-state index in [-0.39, 0.29) is 24.4 Å². The third kappa shape index (κ3) is 4.28. The second-order valence-corrected chi connectivity index (χ2v) is 6.69. The molecule has 0 saturated heterocycles. The number of hydrogen-bond donors (Lipinski definition) is 1. The second kappa shape index (κ2) is 7.95. The molecule has 0 fully saturated rings. The summed E-state index contributed by atoms with van der Waals surface area (Å²) in [5.74, 6) is -0.406. The van der Waals surface area contributed by atoms with Crippen LogP contribution in [0, 0.1) is 0 Å². The van der Waals surface area contributed by atoms with Crippen molar-refractivity contribution in [2.75, 3.05) is 13.6 Å². The Labute approximate surface area is 158 Å². The van der Waals surface area contributed by atoms with Gasteiger partial charge in [-0.25, -0.2) is 4.98 Å². The van der Waals surface area contributed by atoms with Gasteiger partial charge in [0.1, 0.15) is 0 Å². The number of carbonyl (C=O) groups is 2. The molecule has 0 aliphatic rings. The first-order chi connectivity index (χ1) is 13.0. The van der Waals surface area contributed by atoms with Crippen molar-refractivity contribution in [3.05, 3.63) is 60.4 Å². The van der Waals surface area contributed by atoms with E-state index in [0.717, 1.165) is 16.5 Å². The predicted octanol–water partition coefficient (Wildman–Crippen LogP) is 2.89. The summed E-state index contributed by atoms with van der Waals surface area (Å²) >= 11 is 0. The number of carbonyl (C=O) groups excluding carboxylic acids is 2. The fraction of sp³-hybridized carbons (Fsp3) is 0.238. The van der Waals surface area contributed by atoms with Crippen LogP contribution in [-0.2, 0) is 4.79 Å². The SMILES string of the molecule is CC(C)NC(=O)CN(C)C(=O)c1cc(-c2ccncc2)nc2ccccc12. The minimum absolute atomic E-state index is 0.00173. The van der Waals surface area contributed by atoms with Crippen molar-refractivity contribution >= 4 is 22.7 Å². The molecule has 2 heterocycles. The molecule has 1 aromatic carbocycles. The first kappa shape index (κ1) is 18.5. The van der Waals surface area contributed by atoms with Gasteiger partial charge in [-0.2, -0.15) is 0 Å². The largest absolute Gasteiger partial charge is 0.352 e. The van der Waals surface area contributed by atoms with Crippen LogP contribution in [0.1, 0.15) is 24.2 Å². The number of pyridine rings is 2. The number of hydrogen-bond acceptors (Lipinski definition) is 4. The maximum Gasteiger partial charge on any atom is 0.254 e. The molecule has 0 aliphatic carbocycles. The summed E-state index contributed by atoms with van der Waals surface area (Å²) in [4.78, 5) is 35.2. The van der Waals surface area contributed by atoms with E-state index in [1.165, 1.54) is 4.90 Å². The maximum atomic E-state index is 13.1. The number of para-hydroxylation sites is 1. The van der Waals surface area contributed by atoms with E-state index in [0.29, 0.717) is 11.3 Å². The summed E-state index contributed by atoms with van der Waals surface area (Å²) in [6.45, 7) is 3.77. The molecule has 0 saturated carbocycles. The smallest absolute Gasteiger partial charge is 0.254 e. The maximum absolute atomic E-state index is 13.1. The molecule has 27 heavy (non-hydrogen) atoms. The van der Waals surface area contributed by atoms with E-state index < -0.39 is 0 Å². The third-order valence-corrected chi connectivity index (χ3v) is 4.10. The van der Waals surface area contributed by atoms with Crippen LogP contribution >= 0.6 is 0 Å². The van der Waals surface area contributed by atoms with E-state index in [1.807, 2.05) is 50.2 Å². The molecule has 3 rings (SSSR count). The summed E-state index contributed by atoms with van der Waals surface area (Å²) < 4.78 is 0. The van der Waals surface area contributed by atoms with E-state index in [4.69, 9.17) is 0 Å². The Morgan fingerprint density at radius 1 is 1.11 bits per heavy atom. The van der Waals surface area contributed by atoms with Crippen molar-refractivity contribution in [2.45, 2.75) is 19.9 Å². The monoisotopic (exact) mass is 362 g/mol. The van der Waals surface area contributed by atoms with Crippen molar-refractivity contribution in [3.63, 3.8) is 0 Å². The Morgan fingerprint density at radius 2 is 1.81 bits per heavy atom. The quantitative estimate of drug-likeness (QED) is 0.757. The molecule has 6 nitrogen and oxygen atoms in total. The Bertz CT molecular complexity index is 970. The molecule has 2 aromatic heterocycles. The molecule has 6 heteroatoms. The highest BCUT2D eigenvalue weighted by Crippen LogP contribution is 2.25. The van der Waals surface area contributed by atoms with Gasteiger partial charge in [0.25, 0.3) is 5.91 Å². The van der Waals surface area contributed by atoms with Crippen LogP contribution in [-0.4, -0.2) is 46.3 Å². The number of nitrogens with zero attached hydrogens (tertiary/aromatic N) is 3. The molecule has 3 aromatic rings. The van der Waals surface area contributed by atoms with Crippen LogP contribution < -0.4 is 5.32 Å². The van der Waals surface area contributed by atoms with Gasteiger partial charge in [-0.3, -0.25) is 14.6 Å². The number of likely N-dealkylation sites (N-methyl/N-ethyl adjacent to an activating group) is 1. The predicted molar refractivity (Wildman–Crippen MR) is 105 cm³/mol. The summed E-state index contributed by atoms with van der Waals surface area (Å²) in [5, 5.41) is 3.56. The van der Waals surface area contributed by atoms with Crippen LogP contribution in [0.4, 0.5) is 0 Å². The molecule has 0 bridgehead atoms. The van der Waals surface area contributed by atoms with Gasteiger partial charge in [0.05, 0.1) is 23.3 Å². The zero-order valence-corrected chi connectivity index (χ0v) is 15.6. The zero-order chi connectivity index (χ0) is 19.4. The van der Waals surface area contributed by atoms with E-state index in [9.17, 15) is 9.59 Å². The summed E-state index contributed by atoms with van der Waals surface area (Å²) in [6, 6.07) is 13.0. The van der Waals surface area contributed by atoms with Crippen molar-refractivity contribution in [1.82, 2.24) is 20.2 Å². The Kier molecular flexibility index (Phi) is 5.45. The molecule has 1 N–H and O–H groups in total. The highest BCUT2D eigenvalue weighted by Gasteiger charge is 2.19. The molecule has 0 spiro atoms. The molecule has 2 amide bonds. The van der Waals surface area contributed by atoms with Gasteiger partial charge < -0.3 is 10.2 Å². The topological polar surface area (TPSA) is 75.2 Å². The van der Waals surface area contributed by atoms with Crippen molar-refractivity contribution < 1.29 is 9.59 Å². The normalized spacial score (nSPS) is 10.8. The van der Waals surface area contributed by atoms with Crippen molar-refractivity contribution in [2.24, 2.45) is 0 Å². The number of aromatic nitrogens is 2. The number of rotatable bonds is 5. The summed E-state index contributed by atoms with van der Waals surface area (Å²) in [6.07, 6.45) is 3.38. The summed E-state index contributed by atoms with van der Waals surface area (Å²) in [5.41, 5.74) is 2.83. The molecule has 0 atom stereocenters. The average Bonchev–Trinajstić information content (AvgIpc) is 2.66. The number of fused-ring (bicyclic) bond motifs is 1. The van der Waals surface area contributed by atoms with Crippen LogP contribution in [0.25, 0.3) is 22.2 Å². The first-order valence-corrected chi connectivity index (χ1v) is 8.80. The lowest BCUT2D eigenvalue weighted by Crippen LogP contribution is -2.40.